The molecule has 0 radical (unpaired) electrons. The first kappa shape index (κ1) is 18.3. The van der Waals surface area contributed by atoms with E-state index in [0.717, 1.165) is 12.0 Å². The van der Waals surface area contributed by atoms with Crippen molar-refractivity contribution in [3.63, 3.8) is 0 Å². The summed E-state index contributed by atoms with van der Waals surface area (Å²) in [4.78, 5) is 25.0. The monoisotopic (exact) mass is 399 g/mol. The van der Waals surface area contributed by atoms with Gasteiger partial charge in [0.05, 0.1) is 23.6 Å². The van der Waals surface area contributed by atoms with Gasteiger partial charge in [0, 0.05) is 25.4 Å². The fraction of sp³-hybridized carbons (Fsp3) is 0.250. The maximum atomic E-state index is 12.7. The van der Waals surface area contributed by atoms with Gasteiger partial charge in [-0.2, -0.15) is 5.10 Å². The minimum atomic E-state index is -0.380. The van der Waals surface area contributed by atoms with Gasteiger partial charge in [-0.05, 0) is 23.8 Å². The van der Waals surface area contributed by atoms with Crippen LogP contribution in [0.5, 0.6) is 11.5 Å². The van der Waals surface area contributed by atoms with E-state index >= 15 is 0 Å². The average Bonchev–Trinajstić information content (AvgIpc) is 2.95. The molecule has 0 saturated heterocycles. The third-order valence-corrected chi connectivity index (χ3v) is 4.77. The van der Waals surface area contributed by atoms with E-state index < -0.39 is 0 Å². The molecule has 0 aliphatic carbocycles. The van der Waals surface area contributed by atoms with E-state index in [1.54, 1.807) is 36.4 Å². The van der Waals surface area contributed by atoms with Crippen LogP contribution in [0.4, 0.5) is 0 Å². The summed E-state index contributed by atoms with van der Waals surface area (Å²) in [6, 6.07) is 10.5. The van der Waals surface area contributed by atoms with Crippen molar-refractivity contribution in [2.75, 3.05) is 13.2 Å². The molecule has 7 nitrogen and oxygen atoms in total. The lowest BCUT2D eigenvalue weighted by Crippen LogP contribution is -2.29. The number of amides is 1. The highest BCUT2D eigenvalue weighted by Gasteiger charge is 2.18. The Morgan fingerprint density at radius 2 is 1.96 bits per heavy atom. The molecule has 1 aromatic heterocycles. The predicted molar refractivity (Wildman–Crippen MR) is 105 cm³/mol. The molecule has 0 bridgehead atoms. The van der Waals surface area contributed by atoms with E-state index in [4.69, 9.17) is 21.1 Å². The summed E-state index contributed by atoms with van der Waals surface area (Å²) in [6.07, 6.45) is 0.780. The number of ether oxygens (including phenoxy) is 2. The number of carbonyl (C=O) groups is 1. The molecule has 2 aromatic carbocycles. The predicted octanol–water partition coefficient (Wildman–Crippen LogP) is 2.68. The van der Waals surface area contributed by atoms with Crippen molar-refractivity contribution in [2.24, 2.45) is 7.05 Å². The number of hydrogen-bond acceptors (Lipinski definition) is 5. The Bertz CT molecular complexity index is 1130. The Morgan fingerprint density at radius 1 is 1.21 bits per heavy atom. The van der Waals surface area contributed by atoms with Crippen molar-refractivity contribution >= 4 is 28.3 Å². The first-order valence-corrected chi connectivity index (χ1v) is 9.24. The molecule has 4 rings (SSSR count). The third-order valence-electron chi connectivity index (χ3n) is 4.49. The molecule has 3 aromatic rings. The smallest absolute Gasteiger partial charge is 0.274 e. The number of nitrogens with one attached hydrogen (secondary N) is 1. The first-order chi connectivity index (χ1) is 13.5. The van der Waals surface area contributed by atoms with Crippen molar-refractivity contribution in [2.45, 2.75) is 13.0 Å². The summed E-state index contributed by atoms with van der Waals surface area (Å²) in [5.74, 6) is 0.718. The number of fused-ring (bicyclic) bond motifs is 2. The van der Waals surface area contributed by atoms with E-state index in [1.807, 2.05) is 0 Å². The van der Waals surface area contributed by atoms with E-state index in [1.165, 1.54) is 11.7 Å². The molecule has 28 heavy (non-hydrogen) atoms. The number of hydrogen-bond donors (Lipinski definition) is 1. The molecule has 144 valence electrons. The third kappa shape index (κ3) is 3.41. The van der Waals surface area contributed by atoms with Gasteiger partial charge in [0.2, 0.25) is 0 Å². The molecule has 1 aliphatic heterocycles. The molecule has 0 unspecified atom stereocenters. The van der Waals surface area contributed by atoms with Gasteiger partial charge in [-0.25, -0.2) is 4.68 Å². The zero-order valence-corrected chi connectivity index (χ0v) is 16.0. The lowest BCUT2D eigenvalue weighted by atomic mass is 10.1. The van der Waals surface area contributed by atoms with Crippen LogP contribution in [0.1, 0.15) is 22.5 Å². The number of rotatable bonds is 3. The van der Waals surface area contributed by atoms with Crippen LogP contribution in [0.3, 0.4) is 0 Å². The Kier molecular flexibility index (Phi) is 4.92. The maximum absolute atomic E-state index is 12.7. The molecule has 0 fully saturated rings. The molecule has 2 heterocycles. The normalized spacial score (nSPS) is 13.2. The van der Waals surface area contributed by atoms with E-state index in [2.05, 4.69) is 10.4 Å². The summed E-state index contributed by atoms with van der Waals surface area (Å²) in [5, 5.41) is 8.37. The van der Waals surface area contributed by atoms with Crippen molar-refractivity contribution in [3.8, 4) is 11.5 Å². The van der Waals surface area contributed by atoms with Crippen molar-refractivity contribution in [1.29, 1.82) is 0 Å². The van der Waals surface area contributed by atoms with Crippen LogP contribution < -0.4 is 20.3 Å². The SMILES string of the molecule is Cn1nc(C(=O)NCc2cc(Cl)c3c(c2)OCCCO3)c2ccccc2c1=O. The number of benzene rings is 2. The van der Waals surface area contributed by atoms with Gasteiger partial charge in [0.1, 0.15) is 0 Å². The Balaban J connectivity index is 1.60. The fourth-order valence-corrected chi connectivity index (χ4v) is 3.41. The molecule has 1 N–H and O–H groups in total. The summed E-state index contributed by atoms with van der Waals surface area (Å²) in [6.45, 7) is 1.33. The summed E-state index contributed by atoms with van der Waals surface area (Å²) in [5.41, 5.74) is 0.719. The minimum Gasteiger partial charge on any atom is -0.489 e. The largest absolute Gasteiger partial charge is 0.489 e. The second kappa shape index (κ2) is 7.52. The highest BCUT2D eigenvalue weighted by molar-refractivity contribution is 6.32. The molecular weight excluding hydrogens is 382 g/mol. The van der Waals surface area contributed by atoms with Crippen LogP contribution in [0.25, 0.3) is 10.8 Å². The van der Waals surface area contributed by atoms with Gasteiger partial charge in [-0.15, -0.1) is 0 Å². The quantitative estimate of drug-likeness (QED) is 0.732. The van der Waals surface area contributed by atoms with Crippen molar-refractivity contribution in [1.82, 2.24) is 15.1 Å². The van der Waals surface area contributed by atoms with Crippen LogP contribution in [-0.4, -0.2) is 28.9 Å². The van der Waals surface area contributed by atoms with Crippen LogP contribution >= 0.6 is 11.6 Å². The lowest BCUT2D eigenvalue weighted by Gasteiger charge is -2.13. The van der Waals surface area contributed by atoms with Gasteiger partial charge < -0.3 is 14.8 Å². The molecule has 1 amide bonds. The fourth-order valence-electron chi connectivity index (χ4n) is 3.12. The molecule has 0 saturated carbocycles. The highest BCUT2D eigenvalue weighted by Crippen LogP contribution is 2.37. The van der Waals surface area contributed by atoms with Crippen molar-refractivity contribution < 1.29 is 14.3 Å². The summed E-state index contributed by atoms with van der Waals surface area (Å²) in [7, 11) is 1.52. The number of aryl methyl sites for hydroxylation is 1. The molecule has 8 heteroatoms. The summed E-state index contributed by atoms with van der Waals surface area (Å²) < 4.78 is 12.5. The maximum Gasteiger partial charge on any atom is 0.274 e. The van der Waals surface area contributed by atoms with Gasteiger partial charge in [0.15, 0.2) is 17.2 Å². The Labute approximate surface area is 165 Å². The zero-order valence-electron chi connectivity index (χ0n) is 15.2. The molecular formula is C20H18ClN3O4. The number of aromatic nitrogens is 2. The lowest BCUT2D eigenvalue weighted by molar-refractivity contribution is 0.0945. The van der Waals surface area contributed by atoms with Gasteiger partial charge in [-0.1, -0.05) is 29.8 Å². The Morgan fingerprint density at radius 3 is 2.79 bits per heavy atom. The second-order valence-corrected chi connectivity index (χ2v) is 6.87. The highest BCUT2D eigenvalue weighted by atomic mass is 35.5. The topological polar surface area (TPSA) is 82.5 Å². The summed E-state index contributed by atoms with van der Waals surface area (Å²) >= 11 is 6.30. The second-order valence-electron chi connectivity index (χ2n) is 6.46. The van der Waals surface area contributed by atoms with Gasteiger partial charge in [0.25, 0.3) is 11.5 Å². The number of carbonyl (C=O) groups excluding carboxylic acids is 1. The van der Waals surface area contributed by atoms with Gasteiger partial charge in [-0.3, -0.25) is 9.59 Å². The van der Waals surface area contributed by atoms with E-state index in [9.17, 15) is 9.59 Å². The Hall–Kier alpha value is -3.06. The van der Waals surface area contributed by atoms with E-state index in [-0.39, 0.29) is 23.7 Å². The molecule has 0 atom stereocenters. The van der Waals surface area contributed by atoms with Crippen LogP contribution in [-0.2, 0) is 13.6 Å². The van der Waals surface area contributed by atoms with Crippen molar-refractivity contribution in [3.05, 3.63) is 63.0 Å². The van der Waals surface area contributed by atoms with Crippen LogP contribution in [0.15, 0.2) is 41.2 Å². The van der Waals surface area contributed by atoms with Gasteiger partial charge >= 0.3 is 0 Å². The molecule has 1 aliphatic rings. The van der Waals surface area contributed by atoms with Crippen LogP contribution in [0, 0.1) is 0 Å². The standard InChI is InChI=1S/C20H18ClN3O4/c1-24-20(26)14-6-3-2-5-13(14)17(23-24)19(25)22-11-12-9-15(21)18-16(10-12)27-7-4-8-28-18/h2-3,5-6,9-10H,4,7-8,11H2,1H3,(H,22,25). The molecule has 0 spiro atoms. The zero-order chi connectivity index (χ0) is 19.7. The van der Waals surface area contributed by atoms with Crippen LogP contribution in [0.2, 0.25) is 5.02 Å². The minimum absolute atomic E-state index is 0.193. The average molecular weight is 400 g/mol. The number of halogens is 1. The number of nitrogens with zero attached hydrogens (tertiary/aromatic N) is 2. The van der Waals surface area contributed by atoms with E-state index in [0.29, 0.717) is 40.5 Å². The first-order valence-electron chi connectivity index (χ1n) is 8.87.